The van der Waals surface area contributed by atoms with Crippen LogP contribution in [0.15, 0.2) is 84.9 Å². The first-order chi connectivity index (χ1) is 24.8. The third kappa shape index (κ3) is 8.22. The van der Waals surface area contributed by atoms with Gasteiger partial charge in [-0.1, -0.05) is 86.3 Å². The lowest BCUT2D eigenvalue weighted by atomic mass is 9.95. The molecule has 0 radical (unpaired) electrons. The number of carbonyl (C=O) groups is 3. The van der Waals surface area contributed by atoms with Crippen molar-refractivity contribution >= 4 is 18.2 Å². The Hall–Kier alpha value is -4.99. The van der Waals surface area contributed by atoms with Gasteiger partial charge in [0, 0.05) is 50.6 Å². The molecule has 8 rings (SSSR count). The van der Waals surface area contributed by atoms with Crippen LogP contribution in [0.2, 0.25) is 0 Å². The summed E-state index contributed by atoms with van der Waals surface area (Å²) in [6.07, 6.45) is 5.22. The normalized spacial score (nSPS) is 16.0. The quantitative estimate of drug-likeness (QED) is 0.170. The molecule has 2 aliphatic carbocycles. The summed E-state index contributed by atoms with van der Waals surface area (Å²) < 4.78 is 21.5. The summed E-state index contributed by atoms with van der Waals surface area (Å²) in [5.41, 5.74) is 13.5. The first-order valence-corrected chi connectivity index (χ1v) is 17.7. The van der Waals surface area contributed by atoms with E-state index in [0.717, 1.165) is 59.5 Å². The van der Waals surface area contributed by atoms with Crippen LogP contribution in [0.5, 0.6) is 11.5 Å². The van der Waals surface area contributed by atoms with Crippen molar-refractivity contribution in [3.63, 3.8) is 0 Å². The highest BCUT2D eigenvalue weighted by atomic mass is 16.5. The van der Waals surface area contributed by atoms with Crippen molar-refractivity contribution in [2.45, 2.75) is 77.4 Å². The van der Waals surface area contributed by atoms with Gasteiger partial charge in [0.05, 0.1) is 32.0 Å². The summed E-state index contributed by atoms with van der Waals surface area (Å²) in [6, 6.07) is 28.1. The molecule has 0 spiro atoms. The zero-order chi connectivity index (χ0) is 35.8. The van der Waals surface area contributed by atoms with Crippen LogP contribution in [-0.2, 0) is 64.1 Å². The molecular formula is C43H50N2O7. The number of nitrogens with two attached hydrogens (primary N) is 1. The number of rotatable bonds is 8. The molecule has 2 aliphatic heterocycles. The highest BCUT2D eigenvalue weighted by molar-refractivity contribution is 5.84. The van der Waals surface area contributed by atoms with E-state index >= 15 is 0 Å². The first kappa shape index (κ1) is 38.2. The van der Waals surface area contributed by atoms with Gasteiger partial charge in [0.2, 0.25) is 0 Å². The van der Waals surface area contributed by atoms with Crippen LogP contribution in [0.25, 0.3) is 0 Å². The number of benzene rings is 4. The zero-order valence-electron chi connectivity index (χ0n) is 29.4. The summed E-state index contributed by atoms with van der Waals surface area (Å²) in [5.74, 6) is 1.30. The van der Waals surface area contributed by atoms with E-state index in [2.05, 4.69) is 35.6 Å². The number of nitrogens with one attached hydrogen (secondary N) is 1. The van der Waals surface area contributed by atoms with Crippen LogP contribution < -0.4 is 20.5 Å². The van der Waals surface area contributed by atoms with Crippen molar-refractivity contribution < 1.29 is 33.3 Å². The molecule has 0 saturated heterocycles. The third-order valence-corrected chi connectivity index (χ3v) is 9.87. The van der Waals surface area contributed by atoms with Gasteiger partial charge in [0.1, 0.15) is 22.6 Å². The molecule has 274 valence electrons. The molecule has 0 amide bonds. The van der Waals surface area contributed by atoms with E-state index in [0.29, 0.717) is 57.6 Å². The number of hydrogen-bond donors (Lipinski definition) is 2. The Kier molecular flexibility index (Phi) is 12.5. The molecule has 9 nitrogen and oxygen atoms in total. The molecule has 2 heterocycles. The Bertz CT molecular complexity index is 1840. The fourth-order valence-corrected chi connectivity index (χ4v) is 7.31. The highest BCUT2D eigenvalue weighted by Gasteiger charge is 2.45. The van der Waals surface area contributed by atoms with E-state index in [-0.39, 0.29) is 19.4 Å². The van der Waals surface area contributed by atoms with Crippen molar-refractivity contribution in [1.29, 1.82) is 0 Å². The number of ether oxygens (including phenoxy) is 4. The highest BCUT2D eigenvalue weighted by Crippen LogP contribution is 2.34. The van der Waals surface area contributed by atoms with E-state index in [1.54, 1.807) is 13.0 Å². The summed E-state index contributed by atoms with van der Waals surface area (Å²) in [7, 11) is 0. The lowest BCUT2D eigenvalue weighted by Gasteiger charge is -2.28. The average Bonchev–Trinajstić information content (AvgIpc) is 3.96. The molecule has 4 aliphatic rings. The van der Waals surface area contributed by atoms with Crippen molar-refractivity contribution in [2.75, 3.05) is 26.4 Å². The minimum Gasteiger partial charge on any atom is -0.493 e. The van der Waals surface area contributed by atoms with E-state index in [9.17, 15) is 14.4 Å². The number of carbonyl (C=O) groups excluding carboxylic acids is 3. The van der Waals surface area contributed by atoms with E-state index in [4.69, 9.17) is 24.7 Å². The van der Waals surface area contributed by atoms with Crippen LogP contribution in [0, 0.1) is 0 Å². The topological polar surface area (TPSA) is 126 Å². The second-order valence-electron chi connectivity index (χ2n) is 13.3. The number of fused-ring (bicyclic) bond motifs is 4. The van der Waals surface area contributed by atoms with Gasteiger partial charge in [-0.05, 0) is 53.3 Å². The fourth-order valence-electron chi connectivity index (χ4n) is 7.31. The number of para-hydroxylation sites is 2. The van der Waals surface area contributed by atoms with E-state index < -0.39 is 11.1 Å². The Balaban J connectivity index is 0.000000164. The Morgan fingerprint density at radius 3 is 1.73 bits per heavy atom. The summed E-state index contributed by atoms with van der Waals surface area (Å²) in [6.45, 7) is 6.46. The Labute approximate surface area is 306 Å². The summed E-state index contributed by atoms with van der Waals surface area (Å²) >= 11 is 0. The number of esters is 2. The molecule has 4 aromatic rings. The van der Waals surface area contributed by atoms with E-state index in [1.807, 2.05) is 55.5 Å². The minimum atomic E-state index is -0.848. The molecular weight excluding hydrogens is 656 g/mol. The van der Waals surface area contributed by atoms with Gasteiger partial charge >= 0.3 is 11.9 Å². The van der Waals surface area contributed by atoms with Gasteiger partial charge in [0.15, 0.2) is 6.29 Å². The second-order valence-corrected chi connectivity index (χ2v) is 13.3. The second kappa shape index (κ2) is 17.0. The van der Waals surface area contributed by atoms with Crippen molar-refractivity contribution in [2.24, 2.45) is 5.73 Å². The molecule has 9 heteroatoms. The molecule has 0 unspecified atom stereocenters. The first-order valence-electron chi connectivity index (χ1n) is 17.7. The van der Waals surface area contributed by atoms with Gasteiger partial charge in [-0.25, -0.2) is 0 Å². The maximum atomic E-state index is 12.8. The van der Waals surface area contributed by atoms with Crippen molar-refractivity contribution in [3.8, 4) is 11.5 Å². The summed E-state index contributed by atoms with van der Waals surface area (Å²) in [4.78, 5) is 34.9. The predicted molar refractivity (Wildman–Crippen MR) is 201 cm³/mol. The molecule has 52 heavy (non-hydrogen) atoms. The lowest BCUT2D eigenvalue weighted by molar-refractivity contribution is -0.151. The average molecular weight is 707 g/mol. The van der Waals surface area contributed by atoms with Crippen LogP contribution in [0.3, 0.4) is 0 Å². The Morgan fingerprint density at radius 1 is 0.692 bits per heavy atom. The van der Waals surface area contributed by atoms with Crippen LogP contribution in [0.1, 0.15) is 70.6 Å². The largest absolute Gasteiger partial charge is 0.493 e. The lowest BCUT2D eigenvalue weighted by Crippen LogP contribution is -2.53. The van der Waals surface area contributed by atoms with Gasteiger partial charge in [-0.15, -0.1) is 0 Å². The molecule has 3 N–H and O–H groups in total. The molecule has 0 fully saturated rings. The predicted octanol–water partition coefficient (Wildman–Crippen LogP) is 5.93. The standard InChI is InChI=1S/C21H23NO3.C12H15NO2.C9H8O2.CH4/c1-2-24-20(23)21(12-16-6-3-4-7-17(16)13-21)22-14-18-9-5-8-15-10-11-25-19(15)18;1-2-15-11(14)12(13)7-9-5-3-4-6-10(9)8-12;10-6-8-3-1-2-7-4-5-11-9(7)8;/h3-9,22H,2,10-14H2,1H3;3-6H,2,7-8,13H2,1H3;1-3,6H,4-5H2;1H4. The van der Waals surface area contributed by atoms with Crippen LogP contribution in [-0.4, -0.2) is 55.7 Å². The monoisotopic (exact) mass is 706 g/mol. The SMILES string of the molecule is C.CCOC(=O)C1(N)Cc2ccccc2C1.CCOC(=O)C1(NCc2cccc3c2OCC3)Cc2ccccc2C1.O=Cc1cccc2c1OCC2. The molecule has 0 aromatic heterocycles. The maximum Gasteiger partial charge on any atom is 0.327 e. The van der Waals surface area contributed by atoms with Gasteiger partial charge in [0.25, 0.3) is 0 Å². The Morgan fingerprint density at radius 2 is 1.17 bits per heavy atom. The van der Waals surface area contributed by atoms with Crippen molar-refractivity contribution in [3.05, 3.63) is 129 Å². The van der Waals surface area contributed by atoms with Crippen LogP contribution >= 0.6 is 0 Å². The van der Waals surface area contributed by atoms with Gasteiger partial charge in [-0.3, -0.25) is 19.7 Å². The number of aldehydes is 1. The molecule has 0 atom stereocenters. The smallest absolute Gasteiger partial charge is 0.327 e. The summed E-state index contributed by atoms with van der Waals surface area (Å²) in [5, 5.41) is 3.52. The van der Waals surface area contributed by atoms with Crippen molar-refractivity contribution in [1.82, 2.24) is 5.32 Å². The molecule has 0 bridgehead atoms. The maximum absolute atomic E-state index is 12.8. The fraction of sp³-hybridized carbons (Fsp3) is 0.372. The van der Waals surface area contributed by atoms with E-state index in [1.165, 1.54) is 16.7 Å². The molecule has 0 saturated carbocycles. The van der Waals surface area contributed by atoms with Gasteiger partial charge < -0.3 is 24.7 Å². The van der Waals surface area contributed by atoms with Gasteiger partial charge in [-0.2, -0.15) is 0 Å². The zero-order valence-corrected chi connectivity index (χ0v) is 29.4. The minimum absolute atomic E-state index is 0. The number of hydrogen-bond acceptors (Lipinski definition) is 9. The van der Waals surface area contributed by atoms with Crippen LogP contribution in [0.4, 0.5) is 0 Å². The molecule has 4 aromatic carbocycles. The third-order valence-electron chi connectivity index (χ3n) is 9.87.